The molecule has 2 amide bonds. The summed E-state index contributed by atoms with van der Waals surface area (Å²) in [6.07, 6.45) is 2.37. The van der Waals surface area contributed by atoms with Crippen LogP contribution in [0.25, 0.3) is 6.08 Å². The predicted molar refractivity (Wildman–Crippen MR) is 111 cm³/mol. The summed E-state index contributed by atoms with van der Waals surface area (Å²) in [5.41, 5.74) is 0.704. The number of halogens is 1. The van der Waals surface area contributed by atoms with E-state index in [1.807, 2.05) is 13.8 Å². The molecule has 0 saturated carbocycles. The molecule has 1 aliphatic rings. The fourth-order valence-electron chi connectivity index (χ4n) is 2.33. The number of carbonyl (C=O) groups excluding carboxylic acids is 3. The van der Waals surface area contributed by atoms with E-state index in [1.165, 1.54) is 12.0 Å². The Labute approximate surface area is 175 Å². The zero-order valence-electron chi connectivity index (χ0n) is 15.2. The summed E-state index contributed by atoms with van der Waals surface area (Å²) in [7, 11) is 1.29. The first-order valence-electron chi connectivity index (χ1n) is 8.32. The first-order valence-corrected chi connectivity index (χ1v) is 10.2. The molecule has 1 fully saturated rings. The second kappa shape index (κ2) is 9.98. The molecular formula is C18H20INO6S. The third kappa shape index (κ3) is 5.38. The highest BCUT2D eigenvalue weighted by molar-refractivity contribution is 14.1. The Bertz CT molecular complexity index is 779. The van der Waals surface area contributed by atoms with Crippen molar-refractivity contribution in [1.82, 2.24) is 4.90 Å². The lowest BCUT2D eigenvalue weighted by Gasteiger charge is -2.14. The van der Waals surface area contributed by atoms with Gasteiger partial charge in [0.15, 0.2) is 18.1 Å². The van der Waals surface area contributed by atoms with E-state index in [0.717, 1.165) is 11.8 Å². The van der Waals surface area contributed by atoms with Crippen LogP contribution in [0.5, 0.6) is 11.5 Å². The minimum absolute atomic E-state index is 0.234. The molecule has 0 bridgehead atoms. The summed E-state index contributed by atoms with van der Waals surface area (Å²) < 4.78 is 16.4. The molecular weight excluding hydrogens is 485 g/mol. The van der Waals surface area contributed by atoms with Crippen LogP contribution in [0.2, 0.25) is 0 Å². The van der Waals surface area contributed by atoms with Gasteiger partial charge in [-0.05, 0) is 71.5 Å². The van der Waals surface area contributed by atoms with Crippen molar-refractivity contribution in [3.63, 3.8) is 0 Å². The lowest BCUT2D eigenvalue weighted by atomic mass is 10.2. The zero-order chi connectivity index (χ0) is 20.0. The van der Waals surface area contributed by atoms with Crippen molar-refractivity contribution < 1.29 is 28.6 Å². The molecule has 0 aliphatic carbocycles. The average Bonchev–Trinajstić information content (AvgIpc) is 2.89. The first-order chi connectivity index (χ1) is 12.9. The lowest BCUT2D eigenvalue weighted by Crippen LogP contribution is -2.28. The topological polar surface area (TPSA) is 82.1 Å². The number of rotatable bonds is 8. The van der Waals surface area contributed by atoms with Gasteiger partial charge in [0.05, 0.1) is 22.2 Å². The maximum absolute atomic E-state index is 12.4. The number of hydrogen-bond donors (Lipinski definition) is 0. The summed E-state index contributed by atoms with van der Waals surface area (Å²) in [5, 5.41) is -0.258. The van der Waals surface area contributed by atoms with Gasteiger partial charge in [0, 0.05) is 6.54 Å². The molecule has 0 aromatic heterocycles. The molecule has 0 unspecified atom stereocenters. The maximum atomic E-state index is 12.4. The summed E-state index contributed by atoms with van der Waals surface area (Å²) in [6.45, 7) is 4.32. The standard InChI is InChI=1S/C18H20INO6S/c1-4-6-20-17(22)14(27-18(20)23)9-11-7-12(19)16(13(8-11)25-5-2)26-10-15(21)24-3/h7-9H,4-6,10H2,1-3H3/b14-9+. The number of esters is 1. The van der Waals surface area contributed by atoms with Crippen LogP contribution in [0, 0.1) is 3.57 Å². The predicted octanol–water partition coefficient (Wildman–Crippen LogP) is 3.69. The molecule has 27 heavy (non-hydrogen) atoms. The van der Waals surface area contributed by atoms with Crippen LogP contribution in [-0.4, -0.2) is 48.9 Å². The summed E-state index contributed by atoms with van der Waals surface area (Å²) in [5.74, 6) is 0.0965. The zero-order valence-corrected chi connectivity index (χ0v) is 18.2. The SMILES string of the molecule is CCCN1C(=O)S/C(=C/c2cc(I)c(OCC(=O)OC)c(OCC)c2)C1=O. The molecule has 146 valence electrons. The van der Waals surface area contributed by atoms with Gasteiger partial charge in [-0.15, -0.1) is 0 Å². The van der Waals surface area contributed by atoms with Gasteiger partial charge >= 0.3 is 5.97 Å². The number of carbonyl (C=O) groups is 3. The Morgan fingerprint density at radius 2 is 2.00 bits per heavy atom. The van der Waals surface area contributed by atoms with Crippen LogP contribution in [0.4, 0.5) is 4.79 Å². The van der Waals surface area contributed by atoms with Gasteiger partial charge in [0.25, 0.3) is 11.1 Å². The third-order valence-corrected chi connectivity index (χ3v) is 5.22. The van der Waals surface area contributed by atoms with Crippen LogP contribution in [0.3, 0.4) is 0 Å². The van der Waals surface area contributed by atoms with Crippen molar-refractivity contribution in [3.8, 4) is 11.5 Å². The normalized spacial score (nSPS) is 15.4. The van der Waals surface area contributed by atoms with Crippen molar-refractivity contribution in [2.45, 2.75) is 20.3 Å². The molecule has 9 heteroatoms. The van der Waals surface area contributed by atoms with Gasteiger partial charge in [0.1, 0.15) is 0 Å². The van der Waals surface area contributed by atoms with Crippen LogP contribution < -0.4 is 9.47 Å². The number of benzene rings is 1. The smallest absolute Gasteiger partial charge is 0.343 e. The van der Waals surface area contributed by atoms with E-state index >= 15 is 0 Å². The Kier molecular flexibility index (Phi) is 7.96. The minimum atomic E-state index is -0.498. The Morgan fingerprint density at radius 1 is 1.26 bits per heavy atom. The molecule has 0 atom stereocenters. The maximum Gasteiger partial charge on any atom is 0.343 e. The van der Waals surface area contributed by atoms with E-state index in [4.69, 9.17) is 9.47 Å². The molecule has 1 aliphatic heterocycles. The third-order valence-electron chi connectivity index (χ3n) is 3.51. The highest BCUT2D eigenvalue weighted by Crippen LogP contribution is 2.37. The number of nitrogens with zero attached hydrogens (tertiary/aromatic N) is 1. The molecule has 1 saturated heterocycles. The molecule has 0 N–H and O–H groups in total. The van der Waals surface area contributed by atoms with Gasteiger partial charge in [0.2, 0.25) is 0 Å². The Hall–Kier alpha value is -1.75. The Balaban J connectivity index is 2.31. The molecule has 1 aromatic rings. The number of imide groups is 1. The van der Waals surface area contributed by atoms with E-state index in [-0.39, 0.29) is 17.8 Å². The van der Waals surface area contributed by atoms with Crippen molar-refractivity contribution in [2.24, 2.45) is 0 Å². The van der Waals surface area contributed by atoms with Gasteiger partial charge < -0.3 is 14.2 Å². The molecule has 2 rings (SSSR count). The van der Waals surface area contributed by atoms with Gasteiger partial charge in [-0.25, -0.2) is 4.79 Å². The van der Waals surface area contributed by atoms with Gasteiger partial charge in [-0.1, -0.05) is 6.92 Å². The second-order valence-electron chi connectivity index (χ2n) is 5.46. The number of amides is 2. The van der Waals surface area contributed by atoms with Crippen molar-refractivity contribution >= 4 is 57.5 Å². The molecule has 7 nitrogen and oxygen atoms in total. The van der Waals surface area contributed by atoms with Crippen LogP contribution in [0.15, 0.2) is 17.0 Å². The van der Waals surface area contributed by atoms with Crippen LogP contribution in [0.1, 0.15) is 25.8 Å². The fourth-order valence-corrected chi connectivity index (χ4v) is 3.98. The fraction of sp³-hybridized carbons (Fsp3) is 0.389. The summed E-state index contributed by atoms with van der Waals surface area (Å²) in [6, 6.07) is 3.51. The van der Waals surface area contributed by atoms with Crippen LogP contribution in [-0.2, 0) is 14.3 Å². The number of thioether (sulfide) groups is 1. The van der Waals surface area contributed by atoms with E-state index in [0.29, 0.717) is 45.1 Å². The number of ether oxygens (including phenoxy) is 3. The van der Waals surface area contributed by atoms with E-state index in [1.54, 1.807) is 18.2 Å². The molecule has 0 spiro atoms. The largest absolute Gasteiger partial charge is 0.490 e. The summed E-state index contributed by atoms with van der Waals surface area (Å²) >= 11 is 2.99. The average molecular weight is 505 g/mol. The van der Waals surface area contributed by atoms with Gasteiger partial charge in [-0.3, -0.25) is 14.5 Å². The van der Waals surface area contributed by atoms with Crippen molar-refractivity contribution in [3.05, 3.63) is 26.2 Å². The number of hydrogen-bond acceptors (Lipinski definition) is 7. The van der Waals surface area contributed by atoms with Crippen LogP contribution >= 0.6 is 34.4 Å². The second-order valence-corrected chi connectivity index (χ2v) is 7.62. The van der Waals surface area contributed by atoms with Gasteiger partial charge in [-0.2, -0.15) is 0 Å². The van der Waals surface area contributed by atoms with Crippen molar-refractivity contribution in [2.75, 3.05) is 26.9 Å². The van der Waals surface area contributed by atoms with E-state index in [2.05, 4.69) is 27.3 Å². The summed E-state index contributed by atoms with van der Waals surface area (Å²) in [4.78, 5) is 37.3. The molecule has 0 radical (unpaired) electrons. The molecule has 1 aromatic carbocycles. The highest BCUT2D eigenvalue weighted by atomic mass is 127. The monoisotopic (exact) mass is 505 g/mol. The lowest BCUT2D eigenvalue weighted by molar-refractivity contribution is -0.143. The Morgan fingerprint density at radius 3 is 2.63 bits per heavy atom. The highest BCUT2D eigenvalue weighted by Gasteiger charge is 2.34. The minimum Gasteiger partial charge on any atom is -0.490 e. The van der Waals surface area contributed by atoms with E-state index in [9.17, 15) is 14.4 Å². The molecule has 1 heterocycles. The first kappa shape index (κ1) is 21.5. The van der Waals surface area contributed by atoms with Crippen molar-refractivity contribution in [1.29, 1.82) is 0 Å². The number of methoxy groups -OCH3 is 1. The quantitative estimate of drug-likeness (QED) is 0.303. The van der Waals surface area contributed by atoms with E-state index < -0.39 is 5.97 Å².